The van der Waals surface area contributed by atoms with Crippen LogP contribution in [0.1, 0.15) is 42.9 Å². The van der Waals surface area contributed by atoms with E-state index in [1.807, 2.05) is 24.3 Å². The summed E-state index contributed by atoms with van der Waals surface area (Å²) in [4.78, 5) is 12.0. The van der Waals surface area contributed by atoms with Gasteiger partial charge in [0.15, 0.2) is 0 Å². The molecule has 0 spiro atoms. The summed E-state index contributed by atoms with van der Waals surface area (Å²) in [7, 11) is 0. The molecule has 3 N–H and O–H groups in total. The highest BCUT2D eigenvalue weighted by molar-refractivity contribution is 5.76. The van der Waals surface area contributed by atoms with Crippen LogP contribution in [0, 0.1) is 0 Å². The van der Waals surface area contributed by atoms with Crippen LogP contribution in [0.5, 0.6) is 0 Å². The molecule has 0 bridgehead atoms. The molecule has 1 aliphatic rings. The van der Waals surface area contributed by atoms with E-state index in [2.05, 4.69) is 20.1 Å². The number of rotatable bonds is 6. The number of aryl methyl sites for hydroxylation is 2. The number of hydrogen-bond donors (Lipinski definition) is 2. The van der Waals surface area contributed by atoms with Crippen molar-refractivity contribution >= 4 is 11.6 Å². The van der Waals surface area contributed by atoms with Gasteiger partial charge in [0.2, 0.25) is 5.91 Å². The Morgan fingerprint density at radius 2 is 2.04 bits per heavy atom. The maximum absolute atomic E-state index is 12.0. The van der Waals surface area contributed by atoms with Crippen LogP contribution < -0.4 is 11.1 Å². The Kier molecular flexibility index (Phi) is 5.46. The van der Waals surface area contributed by atoms with Gasteiger partial charge >= 0.3 is 0 Å². The molecule has 24 heavy (non-hydrogen) atoms. The highest BCUT2D eigenvalue weighted by Crippen LogP contribution is 2.15. The van der Waals surface area contributed by atoms with Crippen LogP contribution in [0.3, 0.4) is 0 Å². The number of benzene rings is 1. The number of nitrogens with zero attached hydrogens (tertiary/aromatic N) is 3. The molecule has 0 saturated heterocycles. The Morgan fingerprint density at radius 3 is 2.92 bits per heavy atom. The summed E-state index contributed by atoms with van der Waals surface area (Å²) in [6.07, 6.45) is 6.48. The first kappa shape index (κ1) is 16.5. The van der Waals surface area contributed by atoms with E-state index >= 15 is 0 Å². The van der Waals surface area contributed by atoms with Crippen LogP contribution in [0.25, 0.3) is 0 Å². The number of carbonyl (C=O) groups excluding carboxylic acids is 1. The molecule has 2 aromatic rings. The van der Waals surface area contributed by atoms with Crippen LogP contribution in [-0.4, -0.2) is 27.2 Å². The number of nitrogens with one attached hydrogen (secondary N) is 1. The summed E-state index contributed by atoms with van der Waals surface area (Å²) in [6.45, 7) is 1.60. The Hall–Kier alpha value is -2.37. The number of nitrogen functional groups attached to an aromatic ring is 1. The quantitative estimate of drug-likeness (QED) is 0.793. The summed E-state index contributed by atoms with van der Waals surface area (Å²) in [6, 6.07) is 7.68. The molecule has 1 aliphatic heterocycles. The molecular weight excluding hydrogens is 302 g/mol. The molecule has 1 aromatic carbocycles. The van der Waals surface area contributed by atoms with E-state index in [1.54, 1.807) is 0 Å². The topological polar surface area (TPSA) is 85.8 Å². The lowest BCUT2D eigenvalue weighted by atomic mass is 10.1. The number of amides is 1. The Morgan fingerprint density at radius 1 is 1.17 bits per heavy atom. The minimum Gasteiger partial charge on any atom is -0.399 e. The summed E-state index contributed by atoms with van der Waals surface area (Å²) in [5.41, 5.74) is 7.67. The van der Waals surface area contributed by atoms with Crippen molar-refractivity contribution in [1.29, 1.82) is 0 Å². The normalized spacial score (nSPS) is 14.0. The van der Waals surface area contributed by atoms with Gasteiger partial charge < -0.3 is 15.6 Å². The van der Waals surface area contributed by atoms with E-state index in [1.165, 1.54) is 19.3 Å². The van der Waals surface area contributed by atoms with Gasteiger partial charge in [0, 0.05) is 38.0 Å². The first-order valence-corrected chi connectivity index (χ1v) is 8.75. The first-order chi connectivity index (χ1) is 11.7. The number of nitrogens with two attached hydrogens (primary N) is 1. The third-order valence-corrected chi connectivity index (χ3v) is 4.53. The molecule has 2 heterocycles. The summed E-state index contributed by atoms with van der Waals surface area (Å²) < 4.78 is 2.23. The van der Waals surface area contributed by atoms with Gasteiger partial charge in [-0.3, -0.25) is 4.79 Å². The monoisotopic (exact) mass is 327 g/mol. The number of carbonyl (C=O) groups is 1. The molecule has 0 radical (unpaired) electrons. The average molecular weight is 327 g/mol. The smallest absolute Gasteiger partial charge is 0.220 e. The van der Waals surface area contributed by atoms with Crippen molar-refractivity contribution < 1.29 is 4.79 Å². The second kappa shape index (κ2) is 7.95. The van der Waals surface area contributed by atoms with Crippen LogP contribution in [0.4, 0.5) is 5.69 Å². The molecule has 6 nitrogen and oxygen atoms in total. The molecule has 128 valence electrons. The van der Waals surface area contributed by atoms with Crippen molar-refractivity contribution in [1.82, 2.24) is 20.1 Å². The van der Waals surface area contributed by atoms with Gasteiger partial charge in [-0.2, -0.15) is 0 Å². The van der Waals surface area contributed by atoms with Crippen molar-refractivity contribution in [3.8, 4) is 0 Å². The second-order valence-electron chi connectivity index (χ2n) is 6.29. The molecule has 1 aromatic heterocycles. The minimum atomic E-state index is 0.0499. The van der Waals surface area contributed by atoms with Gasteiger partial charge in [-0.05, 0) is 30.9 Å². The average Bonchev–Trinajstić information content (AvgIpc) is 2.81. The SMILES string of the molecule is Nc1ccccc1CCC(=O)NCCc1nnc2n1CCCCC2. The van der Waals surface area contributed by atoms with Crippen LogP contribution >= 0.6 is 0 Å². The van der Waals surface area contributed by atoms with Crippen molar-refractivity contribution in [3.05, 3.63) is 41.5 Å². The lowest BCUT2D eigenvalue weighted by molar-refractivity contribution is -0.121. The third kappa shape index (κ3) is 4.13. The van der Waals surface area contributed by atoms with Gasteiger partial charge in [-0.1, -0.05) is 24.6 Å². The summed E-state index contributed by atoms with van der Waals surface area (Å²) >= 11 is 0. The molecule has 3 rings (SSSR count). The van der Waals surface area contributed by atoms with Crippen molar-refractivity contribution in [2.75, 3.05) is 12.3 Å². The third-order valence-electron chi connectivity index (χ3n) is 4.53. The van der Waals surface area contributed by atoms with Gasteiger partial charge in [0.1, 0.15) is 11.6 Å². The predicted molar refractivity (Wildman–Crippen MR) is 93.5 cm³/mol. The number of anilines is 1. The number of para-hydroxylation sites is 1. The van der Waals surface area contributed by atoms with Gasteiger partial charge in [-0.15, -0.1) is 10.2 Å². The zero-order valence-electron chi connectivity index (χ0n) is 14.0. The maximum atomic E-state index is 12.0. The lowest BCUT2D eigenvalue weighted by Crippen LogP contribution is -2.26. The molecule has 0 atom stereocenters. The number of hydrogen-bond acceptors (Lipinski definition) is 4. The Balaban J connectivity index is 1.44. The first-order valence-electron chi connectivity index (χ1n) is 8.75. The van der Waals surface area contributed by atoms with Crippen molar-refractivity contribution in [2.45, 2.75) is 51.5 Å². The lowest BCUT2D eigenvalue weighted by Gasteiger charge is -2.08. The van der Waals surface area contributed by atoms with E-state index in [0.717, 1.165) is 42.3 Å². The van der Waals surface area contributed by atoms with Crippen molar-refractivity contribution in [3.63, 3.8) is 0 Å². The van der Waals surface area contributed by atoms with Crippen molar-refractivity contribution in [2.24, 2.45) is 0 Å². The molecular formula is C18H25N5O. The fraction of sp³-hybridized carbons (Fsp3) is 0.500. The van der Waals surface area contributed by atoms with E-state index in [0.29, 0.717) is 19.4 Å². The zero-order chi connectivity index (χ0) is 16.8. The molecule has 6 heteroatoms. The Labute approximate surface area is 142 Å². The van der Waals surface area contributed by atoms with Crippen LogP contribution in [0.15, 0.2) is 24.3 Å². The highest BCUT2D eigenvalue weighted by Gasteiger charge is 2.14. The Bertz CT molecular complexity index is 694. The number of aromatic nitrogens is 3. The van der Waals surface area contributed by atoms with Gasteiger partial charge in [-0.25, -0.2) is 0 Å². The largest absolute Gasteiger partial charge is 0.399 e. The summed E-state index contributed by atoms with van der Waals surface area (Å²) in [5, 5.41) is 11.5. The standard InChI is InChI=1S/C18H25N5O/c19-15-7-4-3-6-14(15)9-10-18(24)20-12-11-17-22-21-16-8-2-1-5-13-23(16)17/h3-4,6-7H,1-2,5,8-13,19H2,(H,20,24). The molecule has 0 unspecified atom stereocenters. The zero-order valence-corrected chi connectivity index (χ0v) is 14.0. The van der Waals surface area contributed by atoms with Crippen LogP contribution in [0.2, 0.25) is 0 Å². The maximum Gasteiger partial charge on any atom is 0.220 e. The van der Waals surface area contributed by atoms with E-state index in [-0.39, 0.29) is 5.91 Å². The minimum absolute atomic E-state index is 0.0499. The molecule has 0 aliphatic carbocycles. The summed E-state index contributed by atoms with van der Waals surface area (Å²) in [5.74, 6) is 2.13. The highest BCUT2D eigenvalue weighted by atomic mass is 16.1. The second-order valence-corrected chi connectivity index (χ2v) is 6.29. The van der Waals surface area contributed by atoms with E-state index in [4.69, 9.17) is 5.73 Å². The van der Waals surface area contributed by atoms with Gasteiger partial charge in [0.25, 0.3) is 0 Å². The van der Waals surface area contributed by atoms with E-state index < -0.39 is 0 Å². The fourth-order valence-electron chi connectivity index (χ4n) is 3.14. The molecule has 0 saturated carbocycles. The molecule has 0 fully saturated rings. The predicted octanol–water partition coefficient (Wildman–Crippen LogP) is 1.88. The fourth-order valence-corrected chi connectivity index (χ4v) is 3.14. The van der Waals surface area contributed by atoms with Gasteiger partial charge in [0.05, 0.1) is 0 Å². The van der Waals surface area contributed by atoms with E-state index in [9.17, 15) is 4.79 Å². The van der Waals surface area contributed by atoms with Crippen LogP contribution in [-0.2, 0) is 30.6 Å². The number of fused-ring (bicyclic) bond motifs is 1. The molecule has 1 amide bonds.